The minimum Gasteiger partial charge on any atom is -0.437 e. The summed E-state index contributed by atoms with van der Waals surface area (Å²) in [6.07, 6.45) is 1.92. The Morgan fingerprint density at radius 2 is 1.39 bits per heavy atom. The minimum absolute atomic E-state index is 0.300. The molecule has 0 saturated carbocycles. The first kappa shape index (κ1) is 28.3. The number of hydrogen-bond acceptors (Lipinski definition) is 2. The predicted molar refractivity (Wildman–Crippen MR) is 191 cm³/mol. The molecule has 0 unspecified atom stereocenters. The molecule has 0 bridgehead atoms. The maximum absolute atomic E-state index is 6.76. The van der Waals surface area contributed by atoms with Crippen LogP contribution < -0.4 is 4.57 Å². The van der Waals surface area contributed by atoms with Gasteiger partial charge in [-0.3, -0.25) is 0 Å². The molecular weight excluding hydrogens is 562 g/mol. The van der Waals surface area contributed by atoms with Gasteiger partial charge in [0.1, 0.15) is 11.3 Å². The van der Waals surface area contributed by atoms with Gasteiger partial charge in [0.15, 0.2) is 16.6 Å². The number of pyridine rings is 1. The van der Waals surface area contributed by atoms with Crippen LogP contribution in [0.2, 0.25) is 0 Å². The van der Waals surface area contributed by atoms with E-state index in [2.05, 4.69) is 154 Å². The van der Waals surface area contributed by atoms with Gasteiger partial charge >= 0.3 is 0 Å². The third-order valence-corrected chi connectivity index (χ3v) is 9.58. The van der Waals surface area contributed by atoms with Gasteiger partial charge in [0, 0.05) is 28.1 Å². The molecule has 8 rings (SSSR count). The highest BCUT2D eigenvalue weighted by atomic mass is 16.3. The lowest BCUT2D eigenvalue weighted by molar-refractivity contribution is -0.633. The number of nitrogens with zero attached hydrogens (tertiary/aromatic N) is 3. The highest BCUT2D eigenvalue weighted by Gasteiger charge is 2.34. The van der Waals surface area contributed by atoms with E-state index in [1.807, 2.05) is 6.20 Å². The molecule has 0 aliphatic carbocycles. The van der Waals surface area contributed by atoms with Crippen LogP contribution in [-0.2, 0) is 7.05 Å². The number of benzene rings is 5. The van der Waals surface area contributed by atoms with Gasteiger partial charge in [-0.25, -0.2) is 9.55 Å². The van der Waals surface area contributed by atoms with Crippen molar-refractivity contribution in [2.75, 3.05) is 0 Å². The number of hydrogen-bond donors (Lipinski definition) is 0. The normalized spacial score (nSPS) is 12.1. The Balaban J connectivity index is 1.53. The number of aryl methyl sites for hydroxylation is 2. The van der Waals surface area contributed by atoms with E-state index >= 15 is 0 Å². The lowest BCUT2D eigenvalue weighted by Crippen LogP contribution is -2.30. The summed E-state index contributed by atoms with van der Waals surface area (Å²) in [5.74, 6) is 1.70. The Morgan fingerprint density at radius 1 is 0.717 bits per heavy atom. The first-order valence-corrected chi connectivity index (χ1v) is 16.3. The summed E-state index contributed by atoms with van der Waals surface area (Å²) in [6.45, 7) is 11.4. The summed E-state index contributed by atoms with van der Waals surface area (Å²) in [5.41, 5.74) is 12.6. The SMILES string of the molecule is Cc1ccc2c(oc3ncc4ccccc4c32)c1-c1n(-c2c(C(C)C)cc(-c3ccccc3)cc2C(C)C)c2ccccc2[n+]1C. The van der Waals surface area contributed by atoms with Gasteiger partial charge in [-0.05, 0) is 65.1 Å². The zero-order chi connectivity index (χ0) is 31.7. The van der Waals surface area contributed by atoms with Gasteiger partial charge in [0.2, 0.25) is 5.71 Å². The quantitative estimate of drug-likeness (QED) is 0.184. The fraction of sp³-hybridized carbons (Fsp3) is 0.190. The van der Waals surface area contributed by atoms with E-state index in [1.54, 1.807) is 0 Å². The lowest BCUT2D eigenvalue weighted by Gasteiger charge is -2.21. The Hall–Kier alpha value is -5.22. The minimum atomic E-state index is 0.300. The summed E-state index contributed by atoms with van der Waals surface area (Å²) in [4.78, 5) is 4.79. The summed E-state index contributed by atoms with van der Waals surface area (Å²) < 4.78 is 11.6. The average molecular weight is 601 g/mol. The maximum atomic E-state index is 6.76. The Labute approximate surface area is 269 Å². The van der Waals surface area contributed by atoms with Crippen molar-refractivity contribution >= 4 is 43.9 Å². The molecular formula is C42H38N3O+. The van der Waals surface area contributed by atoms with E-state index in [0.717, 1.165) is 44.1 Å². The Morgan fingerprint density at radius 3 is 2.13 bits per heavy atom. The van der Waals surface area contributed by atoms with Gasteiger partial charge in [-0.2, -0.15) is 4.57 Å². The number of rotatable bonds is 5. The standard InChI is InChI=1S/C42H38N3O/c1-25(2)33-22-30(28-14-8-7-9-15-28)23-34(26(3)4)39(33)45-36-19-13-12-18-35(36)44(6)42(45)37-27(5)20-21-32-38-31-17-11-10-16-29(31)24-43-41(38)46-40(32)37/h7-26H,1-6H3/q+1. The fourth-order valence-corrected chi connectivity index (χ4v) is 7.28. The van der Waals surface area contributed by atoms with Gasteiger partial charge in [-0.1, -0.05) is 107 Å². The van der Waals surface area contributed by atoms with Crippen LogP contribution in [0.5, 0.6) is 0 Å². The molecule has 5 aromatic carbocycles. The second kappa shape index (κ2) is 10.7. The first-order valence-electron chi connectivity index (χ1n) is 16.3. The van der Waals surface area contributed by atoms with Crippen LogP contribution >= 0.6 is 0 Å². The van der Waals surface area contributed by atoms with Crippen molar-refractivity contribution in [3.05, 3.63) is 126 Å². The van der Waals surface area contributed by atoms with Gasteiger partial charge < -0.3 is 4.42 Å². The van der Waals surface area contributed by atoms with Crippen molar-refractivity contribution in [3.63, 3.8) is 0 Å². The maximum Gasteiger partial charge on any atom is 0.299 e. The summed E-state index contributed by atoms with van der Waals surface area (Å²) in [7, 11) is 2.19. The predicted octanol–water partition coefficient (Wildman–Crippen LogP) is 10.8. The van der Waals surface area contributed by atoms with E-state index in [-0.39, 0.29) is 0 Å². The topological polar surface area (TPSA) is 34.8 Å². The molecule has 0 spiro atoms. The fourth-order valence-electron chi connectivity index (χ4n) is 7.28. The molecule has 46 heavy (non-hydrogen) atoms. The van der Waals surface area contributed by atoms with E-state index in [9.17, 15) is 0 Å². The van der Waals surface area contributed by atoms with E-state index < -0.39 is 0 Å². The third-order valence-electron chi connectivity index (χ3n) is 9.58. The highest BCUT2D eigenvalue weighted by molar-refractivity contribution is 6.19. The molecule has 0 radical (unpaired) electrons. The molecule has 0 aliphatic heterocycles. The second-order valence-electron chi connectivity index (χ2n) is 13.1. The van der Waals surface area contributed by atoms with Crippen molar-refractivity contribution in [2.45, 2.75) is 46.5 Å². The summed E-state index contributed by atoms with van der Waals surface area (Å²) in [6, 6.07) is 37.2. The first-order chi connectivity index (χ1) is 22.3. The molecule has 226 valence electrons. The molecule has 0 N–H and O–H groups in total. The van der Waals surface area contributed by atoms with Gasteiger partial charge in [0.25, 0.3) is 5.82 Å². The number of para-hydroxylation sites is 2. The molecule has 3 aromatic heterocycles. The van der Waals surface area contributed by atoms with Crippen molar-refractivity contribution in [1.29, 1.82) is 0 Å². The molecule has 0 fully saturated rings. The van der Waals surface area contributed by atoms with E-state index in [0.29, 0.717) is 17.5 Å². The second-order valence-corrected chi connectivity index (χ2v) is 13.1. The zero-order valence-corrected chi connectivity index (χ0v) is 27.3. The molecule has 0 atom stereocenters. The smallest absolute Gasteiger partial charge is 0.299 e. The zero-order valence-electron chi connectivity index (χ0n) is 27.3. The van der Waals surface area contributed by atoms with Crippen LogP contribution in [0.4, 0.5) is 0 Å². The number of imidazole rings is 1. The van der Waals surface area contributed by atoms with E-state index in [4.69, 9.17) is 9.40 Å². The van der Waals surface area contributed by atoms with Crippen LogP contribution in [0.1, 0.15) is 56.2 Å². The monoisotopic (exact) mass is 600 g/mol. The van der Waals surface area contributed by atoms with Crippen molar-refractivity contribution in [1.82, 2.24) is 9.55 Å². The van der Waals surface area contributed by atoms with Gasteiger partial charge in [0.05, 0.1) is 12.4 Å². The Bertz CT molecular complexity index is 2410. The van der Waals surface area contributed by atoms with Crippen LogP contribution in [0, 0.1) is 6.92 Å². The van der Waals surface area contributed by atoms with Crippen molar-refractivity contribution in [3.8, 4) is 28.2 Å². The summed E-state index contributed by atoms with van der Waals surface area (Å²) >= 11 is 0. The lowest BCUT2D eigenvalue weighted by atomic mass is 9.88. The molecule has 8 aromatic rings. The summed E-state index contributed by atoms with van der Waals surface area (Å²) in [5, 5.41) is 4.43. The van der Waals surface area contributed by atoms with Crippen molar-refractivity contribution in [2.24, 2.45) is 7.05 Å². The molecule has 0 amide bonds. The van der Waals surface area contributed by atoms with Gasteiger partial charge in [-0.15, -0.1) is 0 Å². The van der Waals surface area contributed by atoms with Crippen LogP contribution in [0.3, 0.4) is 0 Å². The van der Waals surface area contributed by atoms with Crippen LogP contribution in [0.15, 0.2) is 114 Å². The number of fused-ring (bicyclic) bond motifs is 6. The number of aromatic nitrogens is 3. The molecule has 4 nitrogen and oxygen atoms in total. The molecule has 0 aliphatic rings. The van der Waals surface area contributed by atoms with Crippen LogP contribution in [-0.4, -0.2) is 9.55 Å². The molecule has 0 saturated heterocycles. The molecule has 4 heteroatoms. The average Bonchev–Trinajstić information content (AvgIpc) is 3.59. The van der Waals surface area contributed by atoms with E-state index in [1.165, 1.54) is 39.0 Å². The Kier molecular flexibility index (Phi) is 6.57. The largest absolute Gasteiger partial charge is 0.437 e. The third kappa shape index (κ3) is 4.20. The number of furan rings is 1. The molecule has 3 heterocycles. The van der Waals surface area contributed by atoms with Crippen LogP contribution in [0.25, 0.3) is 72.1 Å². The van der Waals surface area contributed by atoms with Crippen molar-refractivity contribution < 1.29 is 8.98 Å². The highest BCUT2D eigenvalue weighted by Crippen LogP contribution is 2.43.